The van der Waals surface area contributed by atoms with Crippen LogP contribution in [-0.4, -0.2) is 18.4 Å². The Hall–Kier alpha value is -2.65. The molecule has 5 nitrogen and oxygen atoms in total. The number of nitriles is 1. The van der Waals surface area contributed by atoms with Crippen molar-refractivity contribution in [3.63, 3.8) is 0 Å². The average Bonchev–Trinajstić information content (AvgIpc) is 2.93. The molecule has 20 heavy (non-hydrogen) atoms. The van der Waals surface area contributed by atoms with Gasteiger partial charge in [-0.3, -0.25) is 0 Å². The largest absolute Gasteiger partial charge is 0.330 e. The minimum atomic E-state index is -3.63. The maximum atomic E-state index is 12.5. The van der Waals surface area contributed by atoms with Crippen molar-refractivity contribution in [3.8, 4) is 6.07 Å². The van der Waals surface area contributed by atoms with Crippen molar-refractivity contribution in [1.82, 2.24) is 9.97 Å². The second-order valence-electron chi connectivity index (χ2n) is 4.18. The molecule has 0 spiro atoms. The molecule has 0 aliphatic carbocycles. The van der Waals surface area contributed by atoms with Crippen molar-refractivity contribution >= 4 is 20.9 Å². The Balaban J connectivity index is 2.24. The molecule has 0 radical (unpaired) electrons. The second kappa shape index (κ2) is 4.47. The van der Waals surface area contributed by atoms with Crippen molar-refractivity contribution in [2.24, 2.45) is 0 Å². The Morgan fingerprint density at radius 3 is 2.60 bits per heavy atom. The molecular formula is C14H9N3O2S. The zero-order chi connectivity index (χ0) is 14.2. The van der Waals surface area contributed by atoms with Crippen LogP contribution in [0.4, 0.5) is 0 Å². The van der Waals surface area contributed by atoms with Gasteiger partial charge >= 0.3 is 0 Å². The molecule has 0 unspecified atom stereocenters. The SMILES string of the molecule is N#Cc1ccnc2[nH]c(S(=O)(=O)c3ccccc3)cc12. The van der Waals surface area contributed by atoms with Crippen LogP contribution < -0.4 is 0 Å². The van der Waals surface area contributed by atoms with E-state index in [1.165, 1.54) is 24.4 Å². The predicted molar refractivity (Wildman–Crippen MR) is 72.7 cm³/mol. The van der Waals surface area contributed by atoms with E-state index in [9.17, 15) is 8.42 Å². The molecule has 3 aromatic rings. The third-order valence-corrected chi connectivity index (χ3v) is 4.66. The fourth-order valence-electron chi connectivity index (χ4n) is 1.97. The van der Waals surface area contributed by atoms with Gasteiger partial charge in [0.25, 0.3) is 0 Å². The van der Waals surface area contributed by atoms with Gasteiger partial charge in [-0.15, -0.1) is 0 Å². The van der Waals surface area contributed by atoms with Gasteiger partial charge in [-0.1, -0.05) is 18.2 Å². The summed E-state index contributed by atoms with van der Waals surface area (Å²) in [5.41, 5.74) is 0.777. The van der Waals surface area contributed by atoms with Gasteiger partial charge in [-0.25, -0.2) is 13.4 Å². The fourth-order valence-corrected chi connectivity index (χ4v) is 3.25. The zero-order valence-electron chi connectivity index (χ0n) is 10.2. The van der Waals surface area contributed by atoms with Crippen molar-refractivity contribution in [1.29, 1.82) is 5.26 Å². The molecule has 1 aromatic carbocycles. The number of H-pyrrole nitrogens is 1. The number of aromatic amines is 1. The molecule has 98 valence electrons. The summed E-state index contributed by atoms with van der Waals surface area (Å²) in [4.78, 5) is 7.00. The molecule has 1 N–H and O–H groups in total. The number of pyridine rings is 1. The van der Waals surface area contributed by atoms with E-state index in [2.05, 4.69) is 9.97 Å². The van der Waals surface area contributed by atoms with E-state index in [1.54, 1.807) is 24.3 Å². The Kier molecular flexibility index (Phi) is 2.77. The van der Waals surface area contributed by atoms with Crippen molar-refractivity contribution < 1.29 is 8.42 Å². The normalized spacial score (nSPS) is 11.3. The van der Waals surface area contributed by atoms with Gasteiger partial charge in [0.15, 0.2) is 0 Å². The quantitative estimate of drug-likeness (QED) is 0.781. The topological polar surface area (TPSA) is 86.6 Å². The minimum Gasteiger partial charge on any atom is -0.330 e. The highest BCUT2D eigenvalue weighted by Gasteiger charge is 2.20. The molecule has 0 amide bonds. The van der Waals surface area contributed by atoms with Crippen LogP contribution in [0, 0.1) is 11.3 Å². The first-order valence-corrected chi connectivity index (χ1v) is 7.29. The molecule has 0 atom stereocenters. The number of fused-ring (bicyclic) bond motifs is 1. The summed E-state index contributed by atoms with van der Waals surface area (Å²) in [6.07, 6.45) is 1.47. The van der Waals surface area contributed by atoms with Crippen LogP contribution in [0.3, 0.4) is 0 Å². The van der Waals surface area contributed by atoms with E-state index < -0.39 is 9.84 Å². The lowest BCUT2D eigenvalue weighted by Gasteiger charge is -2.00. The lowest BCUT2D eigenvalue weighted by molar-refractivity contribution is 0.593. The summed E-state index contributed by atoms with van der Waals surface area (Å²) in [5.74, 6) is 0. The van der Waals surface area contributed by atoms with E-state index >= 15 is 0 Å². The molecule has 3 rings (SSSR count). The zero-order valence-corrected chi connectivity index (χ0v) is 11.1. The van der Waals surface area contributed by atoms with Gasteiger partial charge in [0.2, 0.25) is 9.84 Å². The van der Waals surface area contributed by atoms with Crippen LogP contribution in [0.1, 0.15) is 5.56 Å². The van der Waals surface area contributed by atoms with E-state index in [4.69, 9.17) is 5.26 Å². The molecule has 6 heteroatoms. The van der Waals surface area contributed by atoms with Gasteiger partial charge in [-0.2, -0.15) is 5.26 Å². The third kappa shape index (κ3) is 1.85. The van der Waals surface area contributed by atoms with Crippen LogP contribution in [0.15, 0.2) is 58.6 Å². The van der Waals surface area contributed by atoms with Crippen molar-refractivity contribution in [3.05, 3.63) is 54.2 Å². The van der Waals surface area contributed by atoms with Crippen LogP contribution in [0.5, 0.6) is 0 Å². The Bertz CT molecular complexity index is 922. The molecule has 0 bridgehead atoms. The van der Waals surface area contributed by atoms with Crippen LogP contribution in [-0.2, 0) is 9.84 Å². The van der Waals surface area contributed by atoms with Gasteiger partial charge in [0.05, 0.1) is 16.5 Å². The summed E-state index contributed by atoms with van der Waals surface area (Å²) >= 11 is 0. The third-order valence-electron chi connectivity index (χ3n) is 2.97. The molecule has 0 saturated carbocycles. The number of aromatic nitrogens is 2. The molecule has 2 aromatic heterocycles. The van der Waals surface area contributed by atoms with Crippen LogP contribution in [0.25, 0.3) is 11.0 Å². The van der Waals surface area contributed by atoms with Gasteiger partial charge < -0.3 is 4.98 Å². The Labute approximate surface area is 115 Å². The van der Waals surface area contributed by atoms with E-state index in [0.29, 0.717) is 16.6 Å². The van der Waals surface area contributed by atoms with Crippen molar-refractivity contribution in [2.75, 3.05) is 0 Å². The molecule has 0 fully saturated rings. The maximum absolute atomic E-state index is 12.5. The minimum absolute atomic E-state index is 0.0360. The summed E-state index contributed by atoms with van der Waals surface area (Å²) in [7, 11) is -3.63. The van der Waals surface area contributed by atoms with Crippen molar-refractivity contribution in [2.45, 2.75) is 9.92 Å². The standard InChI is InChI=1S/C14H9N3O2S/c15-9-10-6-7-16-14-12(10)8-13(17-14)20(18,19)11-4-2-1-3-5-11/h1-8H,(H,16,17). The number of sulfone groups is 1. The van der Waals surface area contributed by atoms with Crippen LogP contribution in [0.2, 0.25) is 0 Å². The van der Waals surface area contributed by atoms with Gasteiger partial charge in [-0.05, 0) is 24.3 Å². The number of hydrogen-bond donors (Lipinski definition) is 1. The fraction of sp³-hybridized carbons (Fsp3) is 0. The monoisotopic (exact) mass is 283 g/mol. The number of rotatable bonds is 2. The number of nitrogens with one attached hydrogen (secondary N) is 1. The first kappa shape index (κ1) is 12.4. The summed E-state index contributed by atoms with van der Waals surface area (Å²) < 4.78 is 24.9. The van der Waals surface area contributed by atoms with Gasteiger partial charge in [0, 0.05) is 11.6 Å². The summed E-state index contributed by atoms with van der Waals surface area (Å²) in [6, 6.07) is 13.1. The number of hydrogen-bond acceptors (Lipinski definition) is 4. The lowest BCUT2D eigenvalue weighted by atomic mass is 10.2. The average molecular weight is 283 g/mol. The predicted octanol–water partition coefficient (Wildman–Crippen LogP) is 2.27. The molecule has 0 aliphatic heterocycles. The Morgan fingerprint density at radius 2 is 1.90 bits per heavy atom. The highest BCUT2D eigenvalue weighted by Crippen LogP contribution is 2.24. The lowest BCUT2D eigenvalue weighted by Crippen LogP contribution is -2.01. The maximum Gasteiger partial charge on any atom is 0.221 e. The highest BCUT2D eigenvalue weighted by molar-refractivity contribution is 7.91. The van der Waals surface area contributed by atoms with E-state index in [1.807, 2.05) is 6.07 Å². The number of benzene rings is 1. The Morgan fingerprint density at radius 1 is 1.15 bits per heavy atom. The second-order valence-corrected chi connectivity index (χ2v) is 6.10. The van der Waals surface area contributed by atoms with Gasteiger partial charge in [0.1, 0.15) is 10.7 Å². The summed E-state index contributed by atoms with van der Waals surface area (Å²) in [5, 5.41) is 9.56. The van der Waals surface area contributed by atoms with Crippen LogP contribution >= 0.6 is 0 Å². The molecule has 0 aliphatic rings. The van der Waals surface area contributed by atoms with E-state index in [0.717, 1.165) is 0 Å². The smallest absolute Gasteiger partial charge is 0.221 e. The molecular weight excluding hydrogens is 274 g/mol. The first-order valence-electron chi connectivity index (χ1n) is 5.81. The summed E-state index contributed by atoms with van der Waals surface area (Å²) in [6.45, 7) is 0. The molecule has 2 heterocycles. The molecule has 0 saturated heterocycles. The number of nitrogens with zero attached hydrogens (tertiary/aromatic N) is 2. The van der Waals surface area contributed by atoms with E-state index in [-0.39, 0.29) is 9.92 Å². The highest BCUT2D eigenvalue weighted by atomic mass is 32.2. The first-order chi connectivity index (χ1) is 9.63.